The van der Waals surface area contributed by atoms with E-state index in [2.05, 4.69) is 5.32 Å². The first-order valence-electron chi connectivity index (χ1n) is 11.9. The molecule has 1 fully saturated rings. The van der Waals surface area contributed by atoms with Gasteiger partial charge < -0.3 is 10.1 Å². The van der Waals surface area contributed by atoms with Crippen molar-refractivity contribution < 1.29 is 19.1 Å². The largest absolute Gasteiger partial charge is 0.497 e. The first-order valence-corrected chi connectivity index (χ1v) is 12.7. The van der Waals surface area contributed by atoms with Crippen molar-refractivity contribution in [3.05, 3.63) is 82.0 Å². The molecule has 1 aliphatic rings. The van der Waals surface area contributed by atoms with E-state index in [1.165, 1.54) is 18.3 Å². The van der Waals surface area contributed by atoms with Crippen LogP contribution in [-0.2, 0) is 16.0 Å². The van der Waals surface area contributed by atoms with E-state index < -0.39 is 6.04 Å². The van der Waals surface area contributed by atoms with Gasteiger partial charge >= 0.3 is 0 Å². The lowest BCUT2D eigenvalue weighted by molar-refractivity contribution is -0.127. The number of thiophene rings is 1. The second-order valence-corrected chi connectivity index (χ2v) is 9.82. The third kappa shape index (κ3) is 5.98. The molecule has 0 aliphatic heterocycles. The van der Waals surface area contributed by atoms with E-state index in [9.17, 15) is 14.4 Å². The summed E-state index contributed by atoms with van der Waals surface area (Å²) < 4.78 is 5.42. The summed E-state index contributed by atoms with van der Waals surface area (Å²) in [5, 5.41) is 5.11. The molecule has 1 aliphatic carbocycles. The molecule has 1 atom stereocenters. The highest BCUT2D eigenvalue weighted by Gasteiger charge is 2.34. The number of carbonyl (C=O) groups excluding carboxylic acids is 3. The molecule has 182 valence electrons. The van der Waals surface area contributed by atoms with Gasteiger partial charge in [0.1, 0.15) is 11.8 Å². The molecule has 6 nitrogen and oxygen atoms in total. The van der Waals surface area contributed by atoms with Crippen LogP contribution in [0.3, 0.4) is 0 Å². The molecule has 0 unspecified atom stereocenters. The Hall–Kier alpha value is -3.45. The number of carbonyl (C=O) groups is 3. The number of methoxy groups -OCH3 is 1. The van der Waals surface area contributed by atoms with Gasteiger partial charge in [-0.2, -0.15) is 0 Å². The van der Waals surface area contributed by atoms with Gasteiger partial charge in [0.25, 0.3) is 0 Å². The van der Waals surface area contributed by atoms with E-state index in [4.69, 9.17) is 4.74 Å². The second kappa shape index (κ2) is 11.3. The lowest BCUT2D eigenvalue weighted by atomic mass is 10.0. The summed E-state index contributed by atoms with van der Waals surface area (Å²) in [6.45, 7) is 1.50. The Kier molecular flexibility index (Phi) is 7.98. The smallest absolute Gasteiger partial charge is 0.248 e. The van der Waals surface area contributed by atoms with Gasteiger partial charge in [0, 0.05) is 22.2 Å². The van der Waals surface area contributed by atoms with Crippen LogP contribution in [-0.4, -0.2) is 30.7 Å². The van der Waals surface area contributed by atoms with Crippen LogP contribution in [0, 0.1) is 0 Å². The lowest BCUT2D eigenvalue weighted by Crippen LogP contribution is -2.46. The van der Waals surface area contributed by atoms with Gasteiger partial charge in [0.05, 0.1) is 13.5 Å². The molecule has 0 saturated heterocycles. The number of nitrogens with one attached hydrogen (secondary N) is 1. The zero-order valence-corrected chi connectivity index (χ0v) is 20.8. The quantitative estimate of drug-likeness (QED) is 0.411. The molecule has 2 aromatic carbocycles. The summed E-state index contributed by atoms with van der Waals surface area (Å²) in [7, 11) is 1.58. The fourth-order valence-corrected chi connectivity index (χ4v) is 5.22. The Morgan fingerprint density at radius 3 is 2.43 bits per heavy atom. The Labute approximate surface area is 209 Å². The third-order valence-corrected chi connectivity index (χ3v) is 7.22. The number of Topliss-reactive ketones (excluding diaryl/α,β-unsaturated/α-hetero) is 1. The van der Waals surface area contributed by atoms with Gasteiger partial charge in [-0.05, 0) is 73.2 Å². The van der Waals surface area contributed by atoms with Crippen LogP contribution in [0.5, 0.6) is 5.75 Å². The second-order valence-electron chi connectivity index (χ2n) is 8.79. The van der Waals surface area contributed by atoms with Crippen molar-refractivity contribution in [2.24, 2.45) is 0 Å². The molecular weight excluding hydrogens is 460 g/mol. The van der Waals surface area contributed by atoms with Gasteiger partial charge in [-0.1, -0.05) is 31.0 Å². The maximum absolute atomic E-state index is 13.8. The highest BCUT2D eigenvalue weighted by Crippen LogP contribution is 2.32. The predicted octanol–water partition coefficient (Wildman–Crippen LogP) is 5.34. The molecular formula is C28H30N2O4S. The van der Waals surface area contributed by atoms with Crippen LogP contribution in [0.2, 0.25) is 0 Å². The van der Waals surface area contributed by atoms with Crippen LogP contribution in [0.1, 0.15) is 59.4 Å². The number of anilines is 1. The van der Waals surface area contributed by atoms with E-state index in [-0.39, 0.29) is 30.1 Å². The summed E-state index contributed by atoms with van der Waals surface area (Å²) in [4.78, 5) is 41.9. The molecule has 1 aromatic heterocycles. The average Bonchev–Trinajstić information content (AvgIpc) is 3.57. The number of ether oxygens (including phenoxy) is 1. The van der Waals surface area contributed by atoms with Gasteiger partial charge in [0.2, 0.25) is 11.8 Å². The predicted molar refractivity (Wildman–Crippen MR) is 138 cm³/mol. The molecule has 35 heavy (non-hydrogen) atoms. The van der Waals surface area contributed by atoms with Crippen LogP contribution < -0.4 is 15.0 Å². The van der Waals surface area contributed by atoms with Crippen molar-refractivity contribution in [2.45, 2.75) is 51.1 Å². The van der Waals surface area contributed by atoms with Crippen LogP contribution in [0.25, 0.3) is 0 Å². The summed E-state index contributed by atoms with van der Waals surface area (Å²) in [6.07, 6.45) is 4.22. The number of rotatable bonds is 9. The van der Waals surface area contributed by atoms with Crippen LogP contribution in [0.4, 0.5) is 5.69 Å². The minimum Gasteiger partial charge on any atom is -0.497 e. The number of amides is 2. The normalized spacial score (nSPS) is 14.3. The van der Waals surface area contributed by atoms with Gasteiger partial charge in [-0.3, -0.25) is 19.3 Å². The van der Waals surface area contributed by atoms with Crippen molar-refractivity contribution in [2.75, 3.05) is 12.0 Å². The standard InChI is InChI=1S/C28H30N2O4S/c1-19(31)20-12-14-23(15-13-20)30(26(32)18-25-11-6-16-35-25)27(21-7-5-10-24(17-21)34-2)28(33)29-22-8-3-4-9-22/h5-7,10-17,22,27H,3-4,8-9,18H2,1-2H3,(H,29,33)/t27-/m0/s1. The molecule has 2 amide bonds. The Balaban J connectivity index is 1.78. The number of hydrogen-bond acceptors (Lipinski definition) is 5. The van der Waals surface area contributed by atoms with Crippen molar-refractivity contribution in [3.63, 3.8) is 0 Å². The van der Waals surface area contributed by atoms with Gasteiger partial charge in [0.15, 0.2) is 5.78 Å². The first-order chi connectivity index (χ1) is 17.0. The summed E-state index contributed by atoms with van der Waals surface area (Å²) in [5.41, 5.74) is 1.77. The Morgan fingerprint density at radius 2 is 1.80 bits per heavy atom. The minimum absolute atomic E-state index is 0.0589. The molecule has 0 radical (unpaired) electrons. The van der Waals surface area contributed by atoms with Gasteiger partial charge in [-0.25, -0.2) is 0 Å². The van der Waals surface area contributed by atoms with Crippen molar-refractivity contribution >= 4 is 34.6 Å². The maximum atomic E-state index is 13.8. The summed E-state index contributed by atoms with van der Waals surface area (Å²) in [6, 6.07) is 17.2. The Bertz CT molecular complexity index is 1170. The van der Waals surface area contributed by atoms with Crippen molar-refractivity contribution in [3.8, 4) is 5.75 Å². The first kappa shape index (κ1) is 24.7. The molecule has 0 bridgehead atoms. The Morgan fingerprint density at radius 1 is 1.06 bits per heavy atom. The molecule has 1 heterocycles. The average molecular weight is 491 g/mol. The number of hydrogen-bond donors (Lipinski definition) is 1. The molecule has 7 heteroatoms. The SMILES string of the molecule is COc1cccc([C@@H](C(=O)NC2CCCC2)N(C(=O)Cc2cccs2)c2ccc(C(C)=O)cc2)c1. The minimum atomic E-state index is -0.888. The zero-order chi connectivity index (χ0) is 24.8. The topological polar surface area (TPSA) is 75.7 Å². The van der Waals surface area contributed by atoms with Gasteiger partial charge in [-0.15, -0.1) is 11.3 Å². The molecule has 1 N–H and O–H groups in total. The van der Waals surface area contributed by atoms with Crippen LogP contribution >= 0.6 is 11.3 Å². The highest BCUT2D eigenvalue weighted by molar-refractivity contribution is 7.10. The maximum Gasteiger partial charge on any atom is 0.248 e. The van der Waals surface area contributed by atoms with E-state index in [1.807, 2.05) is 35.7 Å². The molecule has 1 saturated carbocycles. The summed E-state index contributed by atoms with van der Waals surface area (Å²) in [5.74, 6) is 0.132. The van der Waals surface area contributed by atoms with E-state index >= 15 is 0 Å². The fourth-order valence-electron chi connectivity index (χ4n) is 4.52. The van der Waals surface area contributed by atoms with E-state index in [1.54, 1.807) is 42.3 Å². The monoisotopic (exact) mass is 490 g/mol. The molecule has 0 spiro atoms. The van der Waals surface area contributed by atoms with Crippen molar-refractivity contribution in [1.82, 2.24) is 5.32 Å². The van der Waals surface area contributed by atoms with Crippen molar-refractivity contribution in [1.29, 1.82) is 0 Å². The number of nitrogens with zero attached hydrogens (tertiary/aromatic N) is 1. The lowest BCUT2D eigenvalue weighted by Gasteiger charge is -2.32. The van der Waals surface area contributed by atoms with E-state index in [0.29, 0.717) is 22.6 Å². The fraction of sp³-hybridized carbons (Fsp3) is 0.321. The number of ketones is 1. The van der Waals surface area contributed by atoms with E-state index in [0.717, 1.165) is 30.6 Å². The molecule has 4 rings (SSSR count). The third-order valence-electron chi connectivity index (χ3n) is 6.34. The van der Waals surface area contributed by atoms with Crippen LogP contribution in [0.15, 0.2) is 66.0 Å². The highest BCUT2D eigenvalue weighted by atomic mass is 32.1. The summed E-state index contributed by atoms with van der Waals surface area (Å²) >= 11 is 1.51. The number of benzene rings is 2. The molecule has 3 aromatic rings. The zero-order valence-electron chi connectivity index (χ0n) is 20.0.